The SMILES string of the molecule is COc1ccc(C=C(NC(C)=O)C(=O)Nc2ccc(-c3nc4ccc(C)cc4s3)cc2)cc1OC. The van der Waals surface area contributed by atoms with Crippen LogP contribution in [-0.2, 0) is 9.59 Å². The van der Waals surface area contributed by atoms with Crippen molar-refractivity contribution < 1.29 is 19.1 Å². The van der Waals surface area contributed by atoms with Gasteiger partial charge in [0.25, 0.3) is 5.91 Å². The van der Waals surface area contributed by atoms with Crippen LogP contribution in [-0.4, -0.2) is 31.0 Å². The quantitative estimate of drug-likeness (QED) is 0.341. The van der Waals surface area contributed by atoms with Gasteiger partial charge >= 0.3 is 0 Å². The summed E-state index contributed by atoms with van der Waals surface area (Å²) in [6, 6.07) is 18.9. The Labute approximate surface area is 207 Å². The Hall–Kier alpha value is -4.17. The highest BCUT2D eigenvalue weighted by atomic mass is 32.1. The standard InChI is InChI=1S/C27H25N3O4S/c1-16-5-11-21-25(13-16)35-27(30-21)19-7-9-20(10-8-19)29-26(32)22(28-17(2)31)14-18-6-12-23(33-3)24(15-18)34-4/h5-15H,1-4H3,(H,28,31)(H,29,32). The van der Waals surface area contributed by atoms with E-state index in [2.05, 4.69) is 23.6 Å². The number of thiazole rings is 1. The van der Waals surface area contributed by atoms with E-state index in [1.807, 2.05) is 36.4 Å². The first-order valence-electron chi connectivity index (χ1n) is 10.9. The Balaban J connectivity index is 1.54. The first-order chi connectivity index (χ1) is 16.9. The van der Waals surface area contributed by atoms with E-state index in [-0.39, 0.29) is 11.6 Å². The summed E-state index contributed by atoms with van der Waals surface area (Å²) in [6.07, 6.45) is 1.58. The molecule has 2 N–H and O–H groups in total. The number of amides is 2. The van der Waals surface area contributed by atoms with Crippen molar-refractivity contribution in [2.75, 3.05) is 19.5 Å². The van der Waals surface area contributed by atoms with Crippen LogP contribution in [0.1, 0.15) is 18.1 Å². The molecule has 4 rings (SSSR count). The first-order valence-corrected chi connectivity index (χ1v) is 11.7. The Morgan fingerprint density at radius 1 is 0.943 bits per heavy atom. The van der Waals surface area contributed by atoms with Crippen LogP contribution in [0.15, 0.2) is 66.4 Å². The number of benzene rings is 3. The summed E-state index contributed by atoms with van der Waals surface area (Å²) in [5.41, 5.74) is 4.50. The molecule has 4 aromatic rings. The largest absolute Gasteiger partial charge is 0.493 e. The first kappa shape index (κ1) is 24.0. The zero-order valence-corrected chi connectivity index (χ0v) is 20.7. The molecule has 0 fully saturated rings. The van der Waals surface area contributed by atoms with Crippen molar-refractivity contribution in [2.45, 2.75) is 13.8 Å². The van der Waals surface area contributed by atoms with E-state index in [1.165, 1.54) is 19.6 Å². The maximum Gasteiger partial charge on any atom is 0.272 e. The molecular weight excluding hydrogens is 462 g/mol. The van der Waals surface area contributed by atoms with Gasteiger partial charge in [-0.2, -0.15) is 0 Å². The lowest BCUT2D eigenvalue weighted by atomic mass is 10.1. The van der Waals surface area contributed by atoms with Crippen LogP contribution >= 0.6 is 11.3 Å². The number of hydrogen-bond donors (Lipinski definition) is 2. The lowest BCUT2D eigenvalue weighted by Gasteiger charge is -2.11. The predicted molar refractivity (Wildman–Crippen MR) is 140 cm³/mol. The molecule has 0 spiro atoms. The zero-order valence-electron chi connectivity index (χ0n) is 19.8. The lowest BCUT2D eigenvalue weighted by Crippen LogP contribution is -2.28. The molecule has 8 heteroatoms. The average molecular weight is 488 g/mol. The number of aryl methyl sites for hydroxylation is 1. The van der Waals surface area contributed by atoms with E-state index in [1.54, 1.807) is 42.7 Å². The number of nitrogens with zero attached hydrogens (tertiary/aromatic N) is 1. The van der Waals surface area contributed by atoms with Crippen LogP contribution in [0.3, 0.4) is 0 Å². The fourth-order valence-corrected chi connectivity index (χ4v) is 4.58. The van der Waals surface area contributed by atoms with E-state index in [0.717, 1.165) is 20.8 Å². The van der Waals surface area contributed by atoms with Crippen LogP contribution in [0, 0.1) is 6.92 Å². The van der Waals surface area contributed by atoms with Crippen LogP contribution < -0.4 is 20.1 Å². The van der Waals surface area contributed by atoms with Crippen LogP contribution in [0.25, 0.3) is 26.9 Å². The Bertz CT molecular complexity index is 1420. The third kappa shape index (κ3) is 5.67. The van der Waals surface area contributed by atoms with Gasteiger partial charge in [-0.3, -0.25) is 9.59 Å². The molecule has 7 nitrogen and oxygen atoms in total. The van der Waals surface area contributed by atoms with Crippen molar-refractivity contribution in [2.24, 2.45) is 0 Å². The highest BCUT2D eigenvalue weighted by Gasteiger charge is 2.14. The summed E-state index contributed by atoms with van der Waals surface area (Å²) in [6.45, 7) is 3.41. The van der Waals surface area contributed by atoms with Crippen LogP contribution in [0.5, 0.6) is 11.5 Å². The minimum Gasteiger partial charge on any atom is -0.493 e. The Morgan fingerprint density at radius 2 is 1.69 bits per heavy atom. The minimum atomic E-state index is -0.446. The van der Waals surface area contributed by atoms with Crippen molar-refractivity contribution in [3.05, 3.63) is 77.5 Å². The number of nitrogens with one attached hydrogen (secondary N) is 2. The summed E-state index contributed by atoms with van der Waals surface area (Å²) in [5, 5.41) is 6.35. The van der Waals surface area contributed by atoms with Gasteiger partial charge < -0.3 is 20.1 Å². The molecule has 0 radical (unpaired) electrons. The summed E-state index contributed by atoms with van der Waals surface area (Å²) < 4.78 is 11.7. The van der Waals surface area contributed by atoms with E-state index < -0.39 is 5.91 Å². The van der Waals surface area contributed by atoms with Gasteiger partial charge in [0.05, 0.1) is 24.4 Å². The molecule has 0 saturated carbocycles. The highest BCUT2D eigenvalue weighted by Crippen LogP contribution is 2.31. The maximum absolute atomic E-state index is 13.0. The third-order valence-electron chi connectivity index (χ3n) is 5.21. The van der Waals surface area contributed by atoms with Gasteiger partial charge in [0.15, 0.2) is 11.5 Å². The summed E-state index contributed by atoms with van der Waals surface area (Å²) >= 11 is 1.63. The Kier molecular flexibility index (Phi) is 7.12. The third-order valence-corrected chi connectivity index (χ3v) is 6.27. The molecule has 2 amide bonds. The molecule has 3 aromatic carbocycles. The van der Waals surface area contributed by atoms with Crippen molar-refractivity contribution in [1.82, 2.24) is 10.3 Å². The number of anilines is 1. The molecule has 1 heterocycles. The molecular formula is C27H25N3O4S. The number of carbonyl (C=O) groups is 2. The van der Waals surface area contributed by atoms with Gasteiger partial charge in [0.1, 0.15) is 10.7 Å². The summed E-state index contributed by atoms with van der Waals surface area (Å²) in [4.78, 5) is 29.4. The van der Waals surface area contributed by atoms with Crippen molar-refractivity contribution in [1.29, 1.82) is 0 Å². The number of rotatable bonds is 7. The fraction of sp³-hybridized carbons (Fsp3) is 0.148. The van der Waals surface area contributed by atoms with E-state index in [9.17, 15) is 9.59 Å². The van der Waals surface area contributed by atoms with Crippen molar-refractivity contribution >= 4 is 45.1 Å². The van der Waals surface area contributed by atoms with Gasteiger partial charge in [-0.05, 0) is 72.7 Å². The lowest BCUT2D eigenvalue weighted by molar-refractivity contribution is -0.120. The van der Waals surface area contributed by atoms with Gasteiger partial charge in [0, 0.05) is 18.2 Å². The smallest absolute Gasteiger partial charge is 0.272 e. The zero-order chi connectivity index (χ0) is 24.9. The maximum atomic E-state index is 13.0. The molecule has 0 saturated heterocycles. The van der Waals surface area contributed by atoms with Crippen molar-refractivity contribution in [3.8, 4) is 22.1 Å². The van der Waals surface area contributed by atoms with Crippen LogP contribution in [0.2, 0.25) is 0 Å². The molecule has 0 aliphatic carbocycles. The number of aromatic nitrogens is 1. The molecule has 0 aliphatic heterocycles. The van der Waals surface area contributed by atoms with E-state index in [4.69, 9.17) is 14.5 Å². The number of methoxy groups -OCH3 is 2. The monoisotopic (exact) mass is 487 g/mol. The molecule has 178 valence electrons. The van der Waals surface area contributed by atoms with Gasteiger partial charge in [-0.15, -0.1) is 11.3 Å². The molecule has 0 aliphatic rings. The van der Waals surface area contributed by atoms with Crippen molar-refractivity contribution in [3.63, 3.8) is 0 Å². The molecule has 35 heavy (non-hydrogen) atoms. The number of hydrogen-bond acceptors (Lipinski definition) is 6. The number of fused-ring (bicyclic) bond motifs is 1. The number of carbonyl (C=O) groups excluding carboxylic acids is 2. The Morgan fingerprint density at radius 3 is 2.37 bits per heavy atom. The van der Waals surface area contributed by atoms with E-state index in [0.29, 0.717) is 22.7 Å². The van der Waals surface area contributed by atoms with E-state index >= 15 is 0 Å². The predicted octanol–water partition coefficient (Wildman–Crippen LogP) is 5.40. The summed E-state index contributed by atoms with van der Waals surface area (Å²) in [5.74, 6) is 0.287. The highest BCUT2D eigenvalue weighted by molar-refractivity contribution is 7.21. The summed E-state index contributed by atoms with van der Waals surface area (Å²) in [7, 11) is 3.08. The molecule has 0 bridgehead atoms. The topological polar surface area (TPSA) is 89.5 Å². The van der Waals surface area contributed by atoms with Gasteiger partial charge in [-0.25, -0.2) is 4.98 Å². The second-order valence-electron chi connectivity index (χ2n) is 7.88. The normalized spacial score (nSPS) is 11.3. The fourth-order valence-electron chi connectivity index (χ4n) is 3.51. The second kappa shape index (κ2) is 10.4. The van der Waals surface area contributed by atoms with Gasteiger partial charge in [-0.1, -0.05) is 12.1 Å². The van der Waals surface area contributed by atoms with Gasteiger partial charge in [0.2, 0.25) is 5.91 Å². The average Bonchev–Trinajstić information content (AvgIpc) is 3.27. The molecule has 1 aromatic heterocycles. The van der Waals surface area contributed by atoms with Crippen LogP contribution in [0.4, 0.5) is 5.69 Å². The second-order valence-corrected chi connectivity index (χ2v) is 8.91. The number of ether oxygens (including phenoxy) is 2. The molecule has 0 unspecified atom stereocenters. The minimum absolute atomic E-state index is 0.107. The molecule has 0 atom stereocenters.